The molecule has 0 radical (unpaired) electrons. The topological polar surface area (TPSA) is 54.2 Å². The summed E-state index contributed by atoms with van der Waals surface area (Å²) in [6, 6.07) is 20.5. The minimum Gasteiger partial charge on any atom is -0.459 e. The monoisotopic (exact) mass is 480 g/mol. The van der Waals surface area contributed by atoms with Crippen molar-refractivity contribution in [2.75, 3.05) is 0 Å². The van der Waals surface area contributed by atoms with Crippen LogP contribution in [0.25, 0.3) is 11.3 Å². The summed E-state index contributed by atoms with van der Waals surface area (Å²) in [5.41, 5.74) is 2.57. The van der Waals surface area contributed by atoms with Gasteiger partial charge in [0, 0.05) is 23.0 Å². The molecule has 0 spiro atoms. The van der Waals surface area contributed by atoms with Crippen LogP contribution in [-0.2, 0) is 6.54 Å². The number of halogens is 2. The molecule has 160 valence electrons. The number of hydrogen-bond donors (Lipinski definition) is 1. The van der Waals surface area contributed by atoms with Gasteiger partial charge in [0.15, 0.2) is 5.11 Å². The van der Waals surface area contributed by atoms with Crippen LogP contribution in [0.3, 0.4) is 0 Å². The van der Waals surface area contributed by atoms with E-state index in [2.05, 4.69) is 20.2 Å². The standard InChI is InChI=1S/C24H18Cl2N4OS/c25-15-7-8-17(18(26)13-15)20-9-10-21(31-20)23-22(19-6-2-4-12-28-19)29-24(32)30(23)14-16-5-1-3-11-27-16/h1-13,22-23H,14H2,(H,29,32)/t22-,23+/m1/s1. The molecule has 2 atom stereocenters. The molecule has 1 fully saturated rings. The Morgan fingerprint density at radius 1 is 0.969 bits per heavy atom. The van der Waals surface area contributed by atoms with Crippen LogP contribution >= 0.6 is 35.4 Å². The second kappa shape index (κ2) is 8.90. The van der Waals surface area contributed by atoms with Crippen LogP contribution in [0.1, 0.15) is 29.2 Å². The van der Waals surface area contributed by atoms with Crippen LogP contribution in [0.5, 0.6) is 0 Å². The van der Waals surface area contributed by atoms with Crippen molar-refractivity contribution >= 4 is 40.5 Å². The normalized spacial score (nSPS) is 18.1. The Hall–Kier alpha value is -2.93. The minimum atomic E-state index is -0.209. The van der Waals surface area contributed by atoms with Gasteiger partial charge in [-0.2, -0.15) is 0 Å². The molecule has 4 aromatic rings. The van der Waals surface area contributed by atoms with Crippen molar-refractivity contribution in [2.24, 2.45) is 0 Å². The van der Waals surface area contributed by atoms with Gasteiger partial charge in [0.2, 0.25) is 0 Å². The second-order valence-corrected chi connectivity index (χ2v) is 8.63. The zero-order chi connectivity index (χ0) is 22.1. The Bertz CT molecular complexity index is 1250. The highest BCUT2D eigenvalue weighted by molar-refractivity contribution is 7.80. The smallest absolute Gasteiger partial charge is 0.170 e. The summed E-state index contributed by atoms with van der Waals surface area (Å²) in [5, 5.41) is 5.15. The van der Waals surface area contributed by atoms with E-state index in [1.165, 1.54) is 0 Å². The number of pyridine rings is 2. The molecule has 32 heavy (non-hydrogen) atoms. The largest absolute Gasteiger partial charge is 0.459 e. The third-order valence-electron chi connectivity index (χ3n) is 5.37. The van der Waals surface area contributed by atoms with Crippen molar-refractivity contribution in [3.8, 4) is 11.3 Å². The Labute approximate surface area is 201 Å². The van der Waals surface area contributed by atoms with E-state index in [0.29, 0.717) is 27.5 Å². The number of benzene rings is 1. The van der Waals surface area contributed by atoms with Crippen LogP contribution in [0.2, 0.25) is 10.0 Å². The average molecular weight is 481 g/mol. The summed E-state index contributed by atoms with van der Waals surface area (Å²) in [5.74, 6) is 1.42. The number of rotatable bonds is 5. The molecule has 8 heteroatoms. The van der Waals surface area contributed by atoms with E-state index < -0.39 is 0 Å². The zero-order valence-corrected chi connectivity index (χ0v) is 19.1. The first-order valence-corrected chi connectivity index (χ1v) is 11.2. The van der Waals surface area contributed by atoms with Gasteiger partial charge in [-0.25, -0.2) is 0 Å². The first-order valence-electron chi connectivity index (χ1n) is 10.0. The highest BCUT2D eigenvalue weighted by atomic mass is 35.5. The van der Waals surface area contributed by atoms with Crippen LogP contribution < -0.4 is 5.32 Å². The van der Waals surface area contributed by atoms with E-state index in [1.54, 1.807) is 24.5 Å². The van der Waals surface area contributed by atoms with Gasteiger partial charge < -0.3 is 14.6 Å². The quantitative estimate of drug-likeness (QED) is 0.342. The maximum atomic E-state index is 6.41. The summed E-state index contributed by atoms with van der Waals surface area (Å²) in [6.45, 7) is 0.540. The van der Waals surface area contributed by atoms with E-state index in [9.17, 15) is 0 Å². The number of aromatic nitrogens is 2. The molecular weight excluding hydrogens is 463 g/mol. The van der Waals surface area contributed by atoms with E-state index in [4.69, 9.17) is 39.8 Å². The second-order valence-electron chi connectivity index (χ2n) is 7.40. The Balaban J connectivity index is 1.55. The van der Waals surface area contributed by atoms with Gasteiger partial charge in [0.25, 0.3) is 0 Å². The summed E-state index contributed by atoms with van der Waals surface area (Å²) >= 11 is 18.2. The number of thiocarbonyl (C=S) groups is 1. The highest BCUT2D eigenvalue weighted by Crippen LogP contribution is 2.42. The fourth-order valence-corrected chi connectivity index (χ4v) is 4.70. The summed E-state index contributed by atoms with van der Waals surface area (Å²) < 4.78 is 6.33. The first kappa shape index (κ1) is 20.9. The Kier molecular flexibility index (Phi) is 5.83. The van der Waals surface area contributed by atoms with E-state index in [1.807, 2.05) is 54.6 Å². The summed E-state index contributed by atoms with van der Waals surface area (Å²) in [7, 11) is 0. The molecule has 1 aromatic carbocycles. The predicted molar refractivity (Wildman–Crippen MR) is 129 cm³/mol. The molecule has 1 saturated heterocycles. The number of furan rings is 1. The molecule has 0 aliphatic carbocycles. The van der Waals surface area contributed by atoms with Crippen LogP contribution in [0, 0.1) is 0 Å². The molecule has 4 heterocycles. The molecule has 5 nitrogen and oxygen atoms in total. The van der Waals surface area contributed by atoms with Crippen molar-refractivity contribution in [1.82, 2.24) is 20.2 Å². The lowest BCUT2D eigenvalue weighted by molar-refractivity contribution is 0.267. The Morgan fingerprint density at radius 3 is 2.50 bits per heavy atom. The van der Waals surface area contributed by atoms with Gasteiger partial charge >= 0.3 is 0 Å². The van der Waals surface area contributed by atoms with Gasteiger partial charge in [-0.05, 0) is 66.8 Å². The lowest BCUT2D eigenvalue weighted by Gasteiger charge is -2.25. The zero-order valence-electron chi connectivity index (χ0n) is 16.8. The lowest BCUT2D eigenvalue weighted by Crippen LogP contribution is -2.29. The van der Waals surface area contributed by atoms with Crippen LogP contribution in [0.4, 0.5) is 0 Å². The molecule has 0 amide bonds. The lowest BCUT2D eigenvalue weighted by atomic mass is 10.0. The average Bonchev–Trinajstić information content (AvgIpc) is 3.40. The number of hydrogen-bond acceptors (Lipinski definition) is 4. The Morgan fingerprint density at radius 2 is 1.78 bits per heavy atom. The molecule has 1 N–H and O–H groups in total. The van der Waals surface area contributed by atoms with Crippen molar-refractivity contribution in [1.29, 1.82) is 0 Å². The molecule has 0 saturated carbocycles. The van der Waals surface area contributed by atoms with Crippen LogP contribution in [0.15, 0.2) is 83.5 Å². The first-order chi connectivity index (χ1) is 15.6. The van der Waals surface area contributed by atoms with E-state index in [0.717, 1.165) is 22.7 Å². The van der Waals surface area contributed by atoms with Crippen molar-refractivity contribution in [2.45, 2.75) is 18.6 Å². The van der Waals surface area contributed by atoms with Crippen molar-refractivity contribution in [3.05, 3.63) is 106 Å². The van der Waals surface area contributed by atoms with E-state index >= 15 is 0 Å². The van der Waals surface area contributed by atoms with E-state index in [-0.39, 0.29) is 12.1 Å². The van der Waals surface area contributed by atoms with Gasteiger partial charge in [-0.15, -0.1) is 0 Å². The van der Waals surface area contributed by atoms with Crippen molar-refractivity contribution in [3.63, 3.8) is 0 Å². The molecule has 1 aliphatic heterocycles. The fourth-order valence-electron chi connectivity index (χ4n) is 3.90. The highest BCUT2D eigenvalue weighted by Gasteiger charge is 2.41. The third kappa shape index (κ3) is 4.09. The minimum absolute atomic E-state index is 0.174. The van der Waals surface area contributed by atoms with Gasteiger partial charge in [-0.3, -0.25) is 9.97 Å². The molecule has 0 bridgehead atoms. The van der Waals surface area contributed by atoms with Crippen molar-refractivity contribution < 1.29 is 4.42 Å². The fraction of sp³-hybridized carbons (Fsp3) is 0.125. The number of nitrogens with zero attached hydrogens (tertiary/aromatic N) is 3. The predicted octanol–water partition coefficient (Wildman–Crippen LogP) is 6.22. The molecule has 5 rings (SSSR count). The molecule has 3 aromatic heterocycles. The third-order valence-corrected chi connectivity index (χ3v) is 6.27. The molecule has 0 unspecified atom stereocenters. The maximum Gasteiger partial charge on any atom is 0.170 e. The van der Waals surface area contributed by atoms with Gasteiger partial charge in [0.1, 0.15) is 17.6 Å². The summed E-state index contributed by atoms with van der Waals surface area (Å²) in [4.78, 5) is 11.1. The van der Waals surface area contributed by atoms with Gasteiger partial charge in [0.05, 0.1) is 29.0 Å². The SMILES string of the molecule is S=C1N[C@H](c2ccccn2)[C@H](c2ccc(-c3ccc(Cl)cc3Cl)o2)N1Cc1ccccn1. The summed E-state index contributed by atoms with van der Waals surface area (Å²) in [6.07, 6.45) is 3.56. The maximum absolute atomic E-state index is 6.41. The van der Waals surface area contributed by atoms with Crippen LogP contribution in [-0.4, -0.2) is 20.0 Å². The number of nitrogens with one attached hydrogen (secondary N) is 1. The molecular formula is C24H18Cl2N4OS. The van der Waals surface area contributed by atoms with Gasteiger partial charge in [-0.1, -0.05) is 35.3 Å². The molecule has 1 aliphatic rings.